The number of nitrogens with one attached hydrogen (secondary N) is 1. The quantitative estimate of drug-likeness (QED) is 0.603. The average Bonchev–Trinajstić information content (AvgIpc) is 1.95. The zero-order valence-electron chi connectivity index (χ0n) is 8.96. The summed E-state index contributed by atoms with van der Waals surface area (Å²) in [6.07, 6.45) is 0.593. The van der Waals surface area contributed by atoms with E-state index in [1.165, 1.54) is 0 Å². The van der Waals surface area contributed by atoms with E-state index in [1.807, 2.05) is 13.8 Å². The number of hydrogen-bond acceptors (Lipinski definition) is 3. The van der Waals surface area contributed by atoms with Crippen LogP contribution in [-0.2, 0) is 0 Å². The minimum atomic E-state index is -0.670. The van der Waals surface area contributed by atoms with Crippen molar-refractivity contribution in [3.05, 3.63) is 0 Å². The Kier molecular flexibility index (Phi) is 2.72. The number of rotatable bonds is 3. The summed E-state index contributed by atoms with van der Waals surface area (Å²) >= 11 is 0. The normalized spacial score (nSPS) is 32.8. The van der Waals surface area contributed by atoms with Crippen molar-refractivity contribution in [2.75, 3.05) is 6.54 Å². The van der Waals surface area contributed by atoms with Crippen molar-refractivity contribution in [3.63, 3.8) is 0 Å². The van der Waals surface area contributed by atoms with Crippen LogP contribution in [0.4, 0.5) is 0 Å². The summed E-state index contributed by atoms with van der Waals surface area (Å²) in [4.78, 5) is 0. The Balaban J connectivity index is 2.33. The van der Waals surface area contributed by atoms with Crippen molar-refractivity contribution < 1.29 is 10.2 Å². The molecule has 0 bridgehead atoms. The van der Waals surface area contributed by atoms with E-state index < -0.39 is 5.60 Å². The third-order valence-corrected chi connectivity index (χ3v) is 3.00. The molecule has 0 amide bonds. The smallest absolute Gasteiger partial charge is 0.0715 e. The molecule has 1 saturated carbocycles. The molecule has 1 fully saturated rings. The Labute approximate surface area is 80.2 Å². The van der Waals surface area contributed by atoms with Crippen LogP contribution in [0, 0.1) is 5.41 Å². The maximum Gasteiger partial charge on any atom is 0.0715 e. The fraction of sp³-hybridized carbons (Fsp3) is 1.00. The zero-order chi connectivity index (χ0) is 10.3. The molecule has 3 nitrogen and oxygen atoms in total. The topological polar surface area (TPSA) is 52.5 Å². The largest absolute Gasteiger partial charge is 0.392 e. The van der Waals surface area contributed by atoms with E-state index in [2.05, 4.69) is 5.32 Å². The summed E-state index contributed by atoms with van der Waals surface area (Å²) in [5, 5.41) is 22.2. The lowest BCUT2D eigenvalue weighted by atomic mass is 9.64. The van der Waals surface area contributed by atoms with Crippen LogP contribution in [-0.4, -0.2) is 34.5 Å². The van der Waals surface area contributed by atoms with Crippen LogP contribution in [0.1, 0.15) is 34.1 Å². The average molecular weight is 187 g/mol. The van der Waals surface area contributed by atoms with Gasteiger partial charge >= 0.3 is 0 Å². The van der Waals surface area contributed by atoms with Crippen LogP contribution in [0.25, 0.3) is 0 Å². The lowest BCUT2D eigenvalue weighted by Crippen LogP contribution is -2.61. The molecular formula is C10H21NO2. The second-order valence-electron chi connectivity index (χ2n) is 5.32. The minimum Gasteiger partial charge on any atom is -0.392 e. The second kappa shape index (κ2) is 3.23. The first-order valence-electron chi connectivity index (χ1n) is 4.87. The summed E-state index contributed by atoms with van der Waals surface area (Å²) in [6.45, 7) is 8.23. The zero-order valence-corrected chi connectivity index (χ0v) is 8.96. The lowest BCUT2D eigenvalue weighted by Gasteiger charge is -2.50. The minimum absolute atomic E-state index is 0.0503. The van der Waals surface area contributed by atoms with Crippen LogP contribution in [0.15, 0.2) is 0 Å². The van der Waals surface area contributed by atoms with Gasteiger partial charge in [-0.2, -0.15) is 0 Å². The van der Waals surface area contributed by atoms with E-state index in [0.29, 0.717) is 12.6 Å². The fourth-order valence-electron chi connectivity index (χ4n) is 1.62. The first-order chi connectivity index (χ1) is 5.73. The van der Waals surface area contributed by atoms with Crippen molar-refractivity contribution in [2.24, 2.45) is 5.41 Å². The Hall–Kier alpha value is -0.120. The van der Waals surface area contributed by atoms with E-state index in [1.54, 1.807) is 13.8 Å². The standard InChI is InChI=1S/C10H21NO2/c1-9(2,13)6-11-7-5-8(12)10(7,3)4/h7-8,11-13H,5-6H2,1-4H3. The Bertz CT molecular complexity index is 184. The third-order valence-electron chi connectivity index (χ3n) is 3.00. The van der Waals surface area contributed by atoms with Crippen LogP contribution in [0.3, 0.4) is 0 Å². The summed E-state index contributed by atoms with van der Waals surface area (Å²) in [5.41, 5.74) is -0.720. The first-order valence-corrected chi connectivity index (χ1v) is 4.87. The molecule has 1 aliphatic rings. The molecule has 2 atom stereocenters. The summed E-state index contributed by atoms with van der Waals surface area (Å²) in [6, 6.07) is 0.328. The molecular weight excluding hydrogens is 166 g/mol. The van der Waals surface area contributed by atoms with Crippen molar-refractivity contribution in [3.8, 4) is 0 Å². The molecule has 78 valence electrons. The first kappa shape index (κ1) is 11.0. The highest BCUT2D eigenvalue weighted by molar-refractivity contribution is 5.02. The van der Waals surface area contributed by atoms with Gasteiger partial charge in [0, 0.05) is 18.0 Å². The van der Waals surface area contributed by atoms with Gasteiger partial charge in [0.25, 0.3) is 0 Å². The van der Waals surface area contributed by atoms with E-state index in [9.17, 15) is 10.2 Å². The van der Waals surface area contributed by atoms with Gasteiger partial charge in [0.15, 0.2) is 0 Å². The summed E-state index contributed by atoms with van der Waals surface area (Å²) in [5.74, 6) is 0. The number of aliphatic hydroxyl groups is 2. The molecule has 3 heteroatoms. The number of hydrogen-bond donors (Lipinski definition) is 3. The monoisotopic (exact) mass is 187 g/mol. The molecule has 0 aromatic rings. The molecule has 0 heterocycles. The lowest BCUT2D eigenvalue weighted by molar-refractivity contribution is -0.0779. The Morgan fingerprint density at radius 1 is 1.46 bits per heavy atom. The molecule has 0 radical (unpaired) electrons. The van der Waals surface area contributed by atoms with E-state index in [4.69, 9.17) is 0 Å². The van der Waals surface area contributed by atoms with Gasteiger partial charge in [-0.15, -0.1) is 0 Å². The SMILES string of the molecule is CC(C)(O)CNC1CC(O)C1(C)C. The van der Waals surface area contributed by atoms with Gasteiger partial charge < -0.3 is 15.5 Å². The summed E-state index contributed by atoms with van der Waals surface area (Å²) < 4.78 is 0. The van der Waals surface area contributed by atoms with Crippen LogP contribution >= 0.6 is 0 Å². The molecule has 0 saturated heterocycles. The van der Waals surface area contributed by atoms with Crippen molar-refractivity contribution >= 4 is 0 Å². The molecule has 0 spiro atoms. The molecule has 1 aliphatic carbocycles. The molecule has 1 rings (SSSR count). The van der Waals surface area contributed by atoms with E-state index in [-0.39, 0.29) is 11.5 Å². The van der Waals surface area contributed by atoms with Gasteiger partial charge in [-0.25, -0.2) is 0 Å². The van der Waals surface area contributed by atoms with Gasteiger partial charge in [-0.3, -0.25) is 0 Å². The van der Waals surface area contributed by atoms with Crippen molar-refractivity contribution in [1.29, 1.82) is 0 Å². The third kappa shape index (κ3) is 2.42. The van der Waals surface area contributed by atoms with Crippen molar-refractivity contribution in [1.82, 2.24) is 5.32 Å². The van der Waals surface area contributed by atoms with Crippen LogP contribution in [0.5, 0.6) is 0 Å². The van der Waals surface area contributed by atoms with Crippen molar-refractivity contribution in [2.45, 2.75) is 51.9 Å². The van der Waals surface area contributed by atoms with Crippen LogP contribution < -0.4 is 5.32 Å². The molecule has 0 aromatic heterocycles. The second-order valence-corrected chi connectivity index (χ2v) is 5.32. The van der Waals surface area contributed by atoms with Gasteiger partial charge in [0.2, 0.25) is 0 Å². The summed E-state index contributed by atoms with van der Waals surface area (Å²) in [7, 11) is 0. The van der Waals surface area contributed by atoms with E-state index in [0.717, 1.165) is 6.42 Å². The molecule has 0 aromatic carbocycles. The molecule has 13 heavy (non-hydrogen) atoms. The molecule has 2 unspecified atom stereocenters. The Morgan fingerprint density at radius 3 is 2.31 bits per heavy atom. The highest BCUT2D eigenvalue weighted by Gasteiger charge is 2.47. The van der Waals surface area contributed by atoms with Gasteiger partial charge in [0.1, 0.15) is 0 Å². The maximum absolute atomic E-state index is 9.50. The van der Waals surface area contributed by atoms with Gasteiger partial charge in [0.05, 0.1) is 11.7 Å². The Morgan fingerprint density at radius 2 is 2.00 bits per heavy atom. The highest BCUT2D eigenvalue weighted by Crippen LogP contribution is 2.40. The van der Waals surface area contributed by atoms with Gasteiger partial charge in [-0.05, 0) is 20.3 Å². The highest BCUT2D eigenvalue weighted by atomic mass is 16.3. The molecule has 0 aliphatic heterocycles. The molecule has 3 N–H and O–H groups in total. The number of aliphatic hydroxyl groups excluding tert-OH is 1. The predicted molar refractivity (Wildman–Crippen MR) is 52.5 cm³/mol. The van der Waals surface area contributed by atoms with Gasteiger partial charge in [-0.1, -0.05) is 13.8 Å². The fourth-order valence-corrected chi connectivity index (χ4v) is 1.62. The predicted octanol–water partition coefficient (Wildman–Crippen LogP) is 0.506. The van der Waals surface area contributed by atoms with E-state index >= 15 is 0 Å². The maximum atomic E-state index is 9.50. The van der Waals surface area contributed by atoms with Crippen LogP contribution in [0.2, 0.25) is 0 Å².